The van der Waals surface area contributed by atoms with Crippen LogP contribution >= 0.6 is 0 Å². The van der Waals surface area contributed by atoms with E-state index in [1.54, 1.807) is 0 Å². The quantitative estimate of drug-likeness (QED) is 0.888. The van der Waals surface area contributed by atoms with Crippen LogP contribution in [0.25, 0.3) is 11.4 Å². The summed E-state index contributed by atoms with van der Waals surface area (Å²) in [6, 6.07) is 7.53. The van der Waals surface area contributed by atoms with Gasteiger partial charge < -0.3 is 9.63 Å². The summed E-state index contributed by atoms with van der Waals surface area (Å²) in [6.45, 7) is 0. The van der Waals surface area contributed by atoms with E-state index in [2.05, 4.69) is 10.1 Å². The molecule has 0 aliphatic heterocycles. The molecule has 6 heteroatoms. The van der Waals surface area contributed by atoms with Gasteiger partial charge in [0, 0.05) is 5.56 Å². The van der Waals surface area contributed by atoms with Gasteiger partial charge in [0.05, 0.1) is 25.0 Å². The van der Waals surface area contributed by atoms with E-state index in [-0.39, 0.29) is 24.5 Å². The van der Waals surface area contributed by atoms with Crippen LogP contribution in [0.4, 0.5) is 4.39 Å². The number of hydrogen-bond acceptors (Lipinski definition) is 5. The van der Waals surface area contributed by atoms with Crippen molar-refractivity contribution in [2.75, 3.05) is 0 Å². The highest BCUT2D eigenvalue weighted by Crippen LogP contribution is 2.16. The molecule has 92 valence electrons. The molecule has 0 fully saturated rings. The molecule has 1 N–H and O–H groups in total. The van der Waals surface area contributed by atoms with Crippen molar-refractivity contribution in [2.24, 2.45) is 0 Å². The highest BCUT2D eigenvalue weighted by Gasteiger charge is 2.13. The fraction of sp³-hybridized carbons (Fsp3) is 0.250. The van der Waals surface area contributed by atoms with Gasteiger partial charge in [-0.15, -0.1) is 0 Å². The molecule has 0 saturated heterocycles. The highest BCUT2D eigenvalue weighted by molar-refractivity contribution is 5.53. The van der Waals surface area contributed by atoms with E-state index >= 15 is 0 Å². The molecule has 0 bridgehead atoms. The number of aliphatic hydroxyl groups excluding tert-OH is 1. The summed E-state index contributed by atoms with van der Waals surface area (Å²) < 4.78 is 17.7. The van der Waals surface area contributed by atoms with Crippen molar-refractivity contribution in [3.05, 3.63) is 36.0 Å². The summed E-state index contributed by atoms with van der Waals surface area (Å²) in [5.74, 6) is 0.234. The SMILES string of the molecule is N#CCC(O)Cc1nc(-c2ccc(F)cc2)no1. The Morgan fingerprint density at radius 2 is 2.11 bits per heavy atom. The average Bonchev–Trinajstić information content (AvgIpc) is 2.78. The Balaban J connectivity index is 2.11. The lowest BCUT2D eigenvalue weighted by molar-refractivity contribution is 0.167. The molecule has 0 aliphatic rings. The first kappa shape index (κ1) is 12.2. The standard InChI is InChI=1S/C12H10FN3O2/c13-9-3-1-8(2-4-9)12-15-11(18-16-12)7-10(17)5-6-14/h1-4,10,17H,5,7H2. The lowest BCUT2D eigenvalue weighted by atomic mass is 10.2. The highest BCUT2D eigenvalue weighted by atomic mass is 19.1. The van der Waals surface area contributed by atoms with E-state index in [0.29, 0.717) is 11.4 Å². The molecule has 2 aromatic rings. The van der Waals surface area contributed by atoms with Crippen molar-refractivity contribution >= 4 is 0 Å². The first-order chi connectivity index (χ1) is 8.69. The summed E-state index contributed by atoms with van der Waals surface area (Å²) in [5.41, 5.74) is 0.626. The Hall–Kier alpha value is -2.26. The van der Waals surface area contributed by atoms with Gasteiger partial charge in [0.15, 0.2) is 0 Å². The Morgan fingerprint density at radius 3 is 2.78 bits per heavy atom. The first-order valence-electron chi connectivity index (χ1n) is 5.32. The van der Waals surface area contributed by atoms with Crippen LogP contribution in [0.15, 0.2) is 28.8 Å². The molecule has 1 unspecified atom stereocenters. The van der Waals surface area contributed by atoms with E-state index in [1.165, 1.54) is 24.3 Å². The van der Waals surface area contributed by atoms with Crippen molar-refractivity contribution in [3.63, 3.8) is 0 Å². The van der Waals surface area contributed by atoms with Crippen molar-refractivity contribution in [2.45, 2.75) is 18.9 Å². The zero-order valence-electron chi connectivity index (χ0n) is 9.38. The van der Waals surface area contributed by atoms with Gasteiger partial charge in [-0.1, -0.05) is 5.16 Å². The third-order valence-electron chi connectivity index (χ3n) is 2.31. The second kappa shape index (κ2) is 5.38. The lowest BCUT2D eigenvalue weighted by Crippen LogP contribution is -2.09. The molecule has 1 aromatic heterocycles. The monoisotopic (exact) mass is 247 g/mol. The maximum atomic E-state index is 12.7. The number of rotatable bonds is 4. The summed E-state index contributed by atoms with van der Waals surface area (Å²) >= 11 is 0. The maximum Gasteiger partial charge on any atom is 0.229 e. The van der Waals surface area contributed by atoms with Crippen LogP contribution in [0.5, 0.6) is 0 Å². The first-order valence-corrected chi connectivity index (χ1v) is 5.32. The van der Waals surface area contributed by atoms with E-state index in [0.717, 1.165) is 0 Å². The van der Waals surface area contributed by atoms with Crippen molar-refractivity contribution in [1.82, 2.24) is 10.1 Å². The smallest absolute Gasteiger partial charge is 0.229 e. The van der Waals surface area contributed by atoms with Crippen molar-refractivity contribution in [1.29, 1.82) is 5.26 Å². The summed E-state index contributed by atoms with van der Waals surface area (Å²) in [6.07, 6.45) is -0.688. The number of aliphatic hydroxyl groups is 1. The Kier molecular flexibility index (Phi) is 3.65. The normalized spacial score (nSPS) is 12.1. The predicted octanol–water partition coefficient (Wildman–Crippen LogP) is 1.69. The fourth-order valence-corrected chi connectivity index (χ4v) is 1.43. The molecular formula is C12H10FN3O2. The van der Waals surface area contributed by atoms with Gasteiger partial charge in [-0.05, 0) is 24.3 Å². The Labute approximate surface area is 102 Å². The molecule has 5 nitrogen and oxygen atoms in total. The van der Waals surface area contributed by atoms with Gasteiger partial charge in [0.1, 0.15) is 5.82 Å². The van der Waals surface area contributed by atoms with Gasteiger partial charge in [0.25, 0.3) is 0 Å². The summed E-state index contributed by atoms with van der Waals surface area (Å²) in [7, 11) is 0. The third-order valence-corrected chi connectivity index (χ3v) is 2.31. The van der Waals surface area contributed by atoms with E-state index in [9.17, 15) is 9.50 Å². The van der Waals surface area contributed by atoms with Crippen LogP contribution < -0.4 is 0 Å². The van der Waals surface area contributed by atoms with E-state index in [4.69, 9.17) is 9.78 Å². The van der Waals surface area contributed by atoms with Crippen LogP contribution in [0.3, 0.4) is 0 Å². The second-order valence-electron chi connectivity index (χ2n) is 3.74. The lowest BCUT2D eigenvalue weighted by Gasteiger charge is -1.99. The van der Waals surface area contributed by atoms with Crippen LogP contribution in [-0.2, 0) is 6.42 Å². The minimum Gasteiger partial charge on any atom is -0.392 e. The van der Waals surface area contributed by atoms with Crippen LogP contribution in [-0.4, -0.2) is 21.4 Å². The van der Waals surface area contributed by atoms with Gasteiger partial charge >= 0.3 is 0 Å². The third kappa shape index (κ3) is 2.90. The summed E-state index contributed by atoms with van der Waals surface area (Å²) in [4.78, 5) is 4.06. The molecule has 1 aromatic carbocycles. The molecule has 2 rings (SSSR count). The zero-order valence-corrected chi connectivity index (χ0v) is 9.38. The molecule has 1 atom stereocenters. The Bertz CT molecular complexity index is 559. The van der Waals surface area contributed by atoms with E-state index < -0.39 is 6.10 Å². The number of hydrogen-bond donors (Lipinski definition) is 1. The number of aromatic nitrogens is 2. The topological polar surface area (TPSA) is 82.9 Å². The molecule has 0 saturated carbocycles. The molecule has 0 radical (unpaired) electrons. The fourth-order valence-electron chi connectivity index (χ4n) is 1.43. The molecular weight excluding hydrogens is 237 g/mol. The van der Waals surface area contributed by atoms with Crippen molar-refractivity contribution < 1.29 is 14.0 Å². The van der Waals surface area contributed by atoms with E-state index in [1.807, 2.05) is 6.07 Å². The summed E-state index contributed by atoms with van der Waals surface area (Å²) in [5, 5.41) is 21.6. The zero-order chi connectivity index (χ0) is 13.0. The van der Waals surface area contributed by atoms with Gasteiger partial charge in [-0.25, -0.2) is 4.39 Å². The molecule has 0 amide bonds. The Morgan fingerprint density at radius 1 is 1.39 bits per heavy atom. The number of halogens is 1. The molecule has 0 spiro atoms. The average molecular weight is 247 g/mol. The van der Waals surface area contributed by atoms with Gasteiger partial charge in [-0.2, -0.15) is 10.2 Å². The van der Waals surface area contributed by atoms with Crippen LogP contribution in [0.2, 0.25) is 0 Å². The minimum absolute atomic E-state index is 0.00820. The van der Waals surface area contributed by atoms with Gasteiger partial charge in [0.2, 0.25) is 11.7 Å². The van der Waals surface area contributed by atoms with Crippen molar-refractivity contribution in [3.8, 4) is 17.5 Å². The number of nitrogens with zero attached hydrogens (tertiary/aromatic N) is 3. The minimum atomic E-state index is -0.823. The van der Waals surface area contributed by atoms with Crippen LogP contribution in [0, 0.1) is 17.1 Å². The van der Waals surface area contributed by atoms with Gasteiger partial charge in [-0.3, -0.25) is 0 Å². The predicted molar refractivity (Wildman–Crippen MR) is 59.6 cm³/mol. The second-order valence-corrected chi connectivity index (χ2v) is 3.74. The number of nitriles is 1. The molecule has 1 heterocycles. The molecule has 18 heavy (non-hydrogen) atoms. The number of benzene rings is 1. The maximum absolute atomic E-state index is 12.7. The van der Waals surface area contributed by atoms with Crippen LogP contribution in [0.1, 0.15) is 12.3 Å². The largest absolute Gasteiger partial charge is 0.392 e. The molecule has 0 aliphatic carbocycles.